The Balaban J connectivity index is 1.45. The molecule has 18 heavy (non-hydrogen) atoms. The Bertz CT molecular complexity index is 298. The maximum Gasteiger partial charge on any atom is 0.223 e. The van der Waals surface area contributed by atoms with Crippen molar-refractivity contribution in [3.05, 3.63) is 0 Å². The summed E-state index contributed by atoms with van der Waals surface area (Å²) in [5, 5.41) is 3.22. The van der Waals surface area contributed by atoms with E-state index in [0.717, 1.165) is 50.0 Å². The van der Waals surface area contributed by atoms with Gasteiger partial charge in [0.1, 0.15) is 0 Å². The van der Waals surface area contributed by atoms with Crippen LogP contribution in [-0.2, 0) is 4.79 Å². The predicted octanol–water partition coefficient (Wildman–Crippen LogP) is 2.06. The highest BCUT2D eigenvalue weighted by molar-refractivity contribution is 5.78. The van der Waals surface area contributed by atoms with Gasteiger partial charge in [-0.2, -0.15) is 0 Å². The standard InChI is InChI=1S/C15H26N2O/c16-13-3-1-2-12(8-13)15(18)17-9-14(10-4-5-10)11-6-7-11/h10-14H,1-9,16H2,(H,17,18). The Hall–Kier alpha value is -0.570. The van der Waals surface area contributed by atoms with Crippen molar-refractivity contribution >= 4 is 5.91 Å². The van der Waals surface area contributed by atoms with E-state index in [0.29, 0.717) is 0 Å². The van der Waals surface area contributed by atoms with E-state index in [1.54, 1.807) is 0 Å². The molecular formula is C15H26N2O. The van der Waals surface area contributed by atoms with Crippen LogP contribution in [0.1, 0.15) is 51.4 Å². The minimum Gasteiger partial charge on any atom is -0.356 e. The van der Waals surface area contributed by atoms with E-state index in [2.05, 4.69) is 5.32 Å². The fourth-order valence-electron chi connectivity index (χ4n) is 3.60. The van der Waals surface area contributed by atoms with Gasteiger partial charge in [-0.15, -0.1) is 0 Å². The molecule has 0 radical (unpaired) electrons. The van der Waals surface area contributed by atoms with E-state index >= 15 is 0 Å². The molecule has 0 saturated heterocycles. The van der Waals surface area contributed by atoms with Crippen LogP contribution in [0, 0.1) is 23.7 Å². The maximum absolute atomic E-state index is 12.2. The summed E-state index contributed by atoms with van der Waals surface area (Å²) < 4.78 is 0. The maximum atomic E-state index is 12.2. The van der Waals surface area contributed by atoms with E-state index in [1.165, 1.54) is 25.7 Å². The number of carbonyl (C=O) groups excluding carboxylic acids is 1. The first kappa shape index (κ1) is 12.5. The van der Waals surface area contributed by atoms with E-state index in [4.69, 9.17) is 5.73 Å². The summed E-state index contributed by atoms with van der Waals surface area (Å²) in [6.45, 7) is 0.930. The summed E-state index contributed by atoms with van der Waals surface area (Å²) in [6.07, 6.45) is 9.72. The summed E-state index contributed by atoms with van der Waals surface area (Å²) >= 11 is 0. The van der Waals surface area contributed by atoms with Gasteiger partial charge in [-0.25, -0.2) is 0 Å². The van der Waals surface area contributed by atoms with Crippen LogP contribution in [0.2, 0.25) is 0 Å². The van der Waals surface area contributed by atoms with E-state index in [9.17, 15) is 4.79 Å². The lowest BCUT2D eigenvalue weighted by Gasteiger charge is -2.26. The molecule has 3 aliphatic rings. The molecule has 3 heteroatoms. The van der Waals surface area contributed by atoms with Crippen LogP contribution in [0.25, 0.3) is 0 Å². The highest BCUT2D eigenvalue weighted by Gasteiger charge is 2.41. The molecule has 3 saturated carbocycles. The first-order chi connectivity index (χ1) is 8.74. The largest absolute Gasteiger partial charge is 0.356 e. The summed E-state index contributed by atoms with van der Waals surface area (Å²) in [5.41, 5.74) is 5.96. The zero-order valence-electron chi connectivity index (χ0n) is 11.2. The van der Waals surface area contributed by atoms with E-state index in [-0.39, 0.29) is 17.9 Å². The second-order valence-electron chi connectivity index (χ2n) is 6.71. The number of rotatable bonds is 5. The molecule has 3 N–H and O–H groups in total. The molecular weight excluding hydrogens is 224 g/mol. The first-order valence-corrected chi connectivity index (χ1v) is 7.77. The van der Waals surface area contributed by atoms with Crippen molar-refractivity contribution in [2.45, 2.75) is 57.4 Å². The minimum absolute atomic E-state index is 0.188. The van der Waals surface area contributed by atoms with Crippen molar-refractivity contribution in [3.8, 4) is 0 Å². The van der Waals surface area contributed by atoms with Crippen LogP contribution in [0.3, 0.4) is 0 Å². The molecule has 0 aromatic rings. The molecule has 0 aromatic heterocycles. The molecule has 2 unspecified atom stereocenters. The lowest BCUT2D eigenvalue weighted by atomic mass is 9.85. The highest BCUT2D eigenvalue weighted by Crippen LogP contribution is 2.48. The number of nitrogens with one attached hydrogen (secondary N) is 1. The van der Waals surface area contributed by atoms with Gasteiger partial charge in [0.25, 0.3) is 0 Å². The molecule has 1 amide bonds. The third-order valence-electron chi connectivity index (χ3n) is 5.05. The average molecular weight is 250 g/mol. The Morgan fingerprint density at radius 3 is 2.33 bits per heavy atom. The Labute approximate surface area is 110 Å². The van der Waals surface area contributed by atoms with Crippen LogP contribution in [0.5, 0.6) is 0 Å². The van der Waals surface area contributed by atoms with Gasteiger partial charge in [-0.1, -0.05) is 6.42 Å². The fourth-order valence-corrected chi connectivity index (χ4v) is 3.60. The summed E-state index contributed by atoms with van der Waals surface area (Å²) in [4.78, 5) is 12.2. The lowest BCUT2D eigenvalue weighted by molar-refractivity contribution is -0.126. The van der Waals surface area contributed by atoms with Crippen LogP contribution < -0.4 is 11.1 Å². The average Bonchev–Trinajstić information content (AvgIpc) is 3.23. The molecule has 0 aliphatic heterocycles. The number of hydrogen-bond acceptors (Lipinski definition) is 2. The van der Waals surface area contributed by atoms with Gasteiger partial charge in [0.05, 0.1) is 0 Å². The zero-order chi connectivity index (χ0) is 12.5. The van der Waals surface area contributed by atoms with Crippen LogP contribution >= 0.6 is 0 Å². The Morgan fingerprint density at radius 1 is 1.11 bits per heavy atom. The molecule has 0 aromatic carbocycles. The van der Waals surface area contributed by atoms with Crippen LogP contribution in [-0.4, -0.2) is 18.5 Å². The molecule has 3 aliphatic carbocycles. The quantitative estimate of drug-likeness (QED) is 0.784. The molecule has 2 atom stereocenters. The molecule has 3 fully saturated rings. The number of hydrogen-bond donors (Lipinski definition) is 2. The van der Waals surface area contributed by atoms with E-state index < -0.39 is 0 Å². The third-order valence-corrected chi connectivity index (χ3v) is 5.05. The molecule has 0 spiro atoms. The fraction of sp³-hybridized carbons (Fsp3) is 0.933. The van der Waals surface area contributed by atoms with Gasteiger partial charge in [0, 0.05) is 18.5 Å². The monoisotopic (exact) mass is 250 g/mol. The molecule has 102 valence electrons. The van der Waals surface area contributed by atoms with Gasteiger partial charge >= 0.3 is 0 Å². The zero-order valence-corrected chi connectivity index (χ0v) is 11.2. The topological polar surface area (TPSA) is 55.1 Å². The van der Waals surface area contributed by atoms with Crippen LogP contribution in [0.4, 0.5) is 0 Å². The first-order valence-electron chi connectivity index (χ1n) is 7.77. The molecule has 3 rings (SSSR count). The second-order valence-corrected chi connectivity index (χ2v) is 6.71. The molecule has 3 nitrogen and oxygen atoms in total. The second kappa shape index (κ2) is 5.20. The smallest absolute Gasteiger partial charge is 0.223 e. The van der Waals surface area contributed by atoms with Crippen molar-refractivity contribution < 1.29 is 4.79 Å². The van der Waals surface area contributed by atoms with Crippen molar-refractivity contribution in [3.63, 3.8) is 0 Å². The number of carbonyl (C=O) groups is 1. The van der Waals surface area contributed by atoms with Crippen molar-refractivity contribution in [2.24, 2.45) is 29.4 Å². The summed E-state index contributed by atoms with van der Waals surface area (Å²) in [6, 6.07) is 0.247. The van der Waals surface area contributed by atoms with Crippen molar-refractivity contribution in [1.29, 1.82) is 0 Å². The Kier molecular flexibility index (Phi) is 3.60. The van der Waals surface area contributed by atoms with E-state index in [1.807, 2.05) is 0 Å². The van der Waals surface area contributed by atoms with Gasteiger partial charge in [0.2, 0.25) is 5.91 Å². The number of amides is 1. The van der Waals surface area contributed by atoms with Crippen LogP contribution in [0.15, 0.2) is 0 Å². The van der Waals surface area contributed by atoms with Crippen molar-refractivity contribution in [1.82, 2.24) is 5.32 Å². The predicted molar refractivity (Wildman–Crippen MR) is 71.9 cm³/mol. The minimum atomic E-state index is 0.188. The summed E-state index contributed by atoms with van der Waals surface area (Å²) in [7, 11) is 0. The van der Waals surface area contributed by atoms with Gasteiger partial charge < -0.3 is 11.1 Å². The normalized spacial score (nSPS) is 32.6. The van der Waals surface area contributed by atoms with Crippen molar-refractivity contribution in [2.75, 3.05) is 6.54 Å². The third kappa shape index (κ3) is 3.05. The van der Waals surface area contributed by atoms with Gasteiger partial charge in [-0.05, 0) is 62.7 Å². The molecule has 0 bridgehead atoms. The van der Waals surface area contributed by atoms with Gasteiger partial charge in [0.15, 0.2) is 0 Å². The number of nitrogens with two attached hydrogens (primary N) is 1. The SMILES string of the molecule is NC1CCCC(C(=O)NCC(C2CC2)C2CC2)C1. The summed E-state index contributed by atoms with van der Waals surface area (Å²) in [5.74, 6) is 3.09. The molecule has 0 heterocycles. The lowest BCUT2D eigenvalue weighted by Crippen LogP contribution is -2.40. The van der Waals surface area contributed by atoms with Gasteiger partial charge in [-0.3, -0.25) is 4.79 Å². The highest BCUT2D eigenvalue weighted by atomic mass is 16.1. The Morgan fingerprint density at radius 2 is 1.78 bits per heavy atom.